The Labute approximate surface area is 552 Å². The van der Waals surface area contributed by atoms with Gasteiger partial charge in [0, 0.05) is 134 Å². The fourth-order valence-corrected chi connectivity index (χ4v) is 12.5. The summed E-state index contributed by atoms with van der Waals surface area (Å²) >= 11 is 0. The van der Waals surface area contributed by atoms with Gasteiger partial charge >= 0.3 is 18.5 Å². The van der Waals surface area contributed by atoms with Crippen molar-refractivity contribution in [2.75, 3.05) is 123 Å². The molecule has 6 aromatic rings. The van der Waals surface area contributed by atoms with E-state index in [0.717, 1.165) is 175 Å². The Morgan fingerprint density at radius 1 is 0.490 bits per heavy atom. The maximum Gasteiger partial charge on any atom is 0.416 e. The van der Waals surface area contributed by atoms with Gasteiger partial charge in [-0.1, -0.05) is 26.7 Å². The number of fused-ring (bicyclic) bond motifs is 5. The van der Waals surface area contributed by atoms with Crippen LogP contribution in [0.5, 0.6) is 0 Å². The Bertz CT molecular complexity index is 3380. The maximum atomic E-state index is 13.1. The molecule has 0 amide bonds. The normalized spacial score (nSPS) is 20.8. The number of hydrogen-bond acceptors (Lipinski definition) is 21. The van der Waals surface area contributed by atoms with Crippen molar-refractivity contribution >= 4 is 52.8 Å². The minimum absolute atomic E-state index is 0.0121. The van der Waals surface area contributed by atoms with Crippen LogP contribution in [0, 0.1) is 5.92 Å². The number of rotatable bonds is 14. The number of hydrogen-bond donors (Lipinski definition) is 5. The van der Waals surface area contributed by atoms with Crippen LogP contribution >= 0.6 is 0 Å². The van der Waals surface area contributed by atoms with E-state index in [2.05, 4.69) is 55.7 Å². The number of methoxy groups -OCH3 is 1. The lowest BCUT2D eigenvalue weighted by Crippen LogP contribution is -2.34. The molecule has 0 radical (unpaired) electrons. The fraction of sp³-hybridized carbons (Fsp3) is 0.591. The minimum Gasteiger partial charge on any atom is -0.396 e. The van der Waals surface area contributed by atoms with Crippen LogP contribution in [0.2, 0.25) is 0 Å². The maximum absolute atomic E-state index is 13.1. The highest BCUT2D eigenvalue weighted by Gasteiger charge is 2.35. The number of nitrogens with zero attached hydrogens (tertiary/aromatic N) is 12. The SMILES string of the molecule is CC.COCC1CCCN1c1nc(Nc2cc(C(F)(F)F)ccn2)cc(C2CCOCC2)n1.FC(F)(F)c1ccnc(Nc2cc(C3CCOCC3)nc(N3CCCOCC3)n2)c1.OCCC1CCCCC2CCC(O)CN(C2)c2nc(Nc3cc(C(F)(F)F)ccn3)cc1n2. The number of aliphatic hydroxyl groups excluding tert-OH is 2. The summed E-state index contributed by atoms with van der Waals surface area (Å²) in [4.78, 5) is 46.4. The second-order valence-electron chi connectivity index (χ2n) is 24.3. The predicted molar refractivity (Wildman–Crippen MR) is 344 cm³/mol. The molecular formula is C66H86F9N15O6. The Balaban J connectivity index is 0.000000167. The molecule has 5 N–H and O–H groups in total. The second-order valence-corrected chi connectivity index (χ2v) is 24.3. The molecule has 524 valence electrons. The standard InChI is InChI=1S/C23H30F3N5O2.C21H26F3N5O2.C20H24F3N5O2.C2H6/c24-23(25,26)17-7-9-27-20(11-17)29-21-12-19-16(8-10-32)4-2-1-3-15-5-6-18(33)14-31(13-15)22(28-19)30-21;1-30-13-16-3-2-8-29(16)20-26-17(14-5-9-31-10-6-14)12-19(28-20)27-18-11-15(4-7-25-18)21(22,23)24;21-20(22,23)15-2-5-24-17(12-15)26-18-13-16(14-3-9-30-10-4-14)25-19(27-18)28-6-1-8-29-11-7-28;1-2/h7,9,11-12,15-16,18,32-33H,1-6,8,10,13-14H2,(H,27,28,29,30);4,7,11-12,14,16H,2-3,5-6,8-10,13H2,1H3,(H,25,26,27,28);2,5,12-14H,1,3-4,6-11H2,(H,24,25,26,27);1-2H3. The van der Waals surface area contributed by atoms with Crippen molar-refractivity contribution in [2.45, 2.75) is 152 Å². The summed E-state index contributed by atoms with van der Waals surface area (Å²) in [6.07, 6.45) is 2.02. The number of anilines is 9. The molecule has 5 fully saturated rings. The van der Waals surface area contributed by atoms with Gasteiger partial charge in [-0.2, -0.15) is 54.5 Å². The fourth-order valence-electron chi connectivity index (χ4n) is 12.5. The third-order valence-corrected chi connectivity index (χ3v) is 17.4. The van der Waals surface area contributed by atoms with Crippen LogP contribution in [0.4, 0.5) is 92.3 Å². The van der Waals surface area contributed by atoms with Crippen molar-refractivity contribution in [3.8, 4) is 0 Å². The van der Waals surface area contributed by atoms with Crippen LogP contribution < -0.4 is 30.7 Å². The molecule has 30 heteroatoms. The molecule has 6 aromatic heterocycles. The molecule has 4 unspecified atom stereocenters. The molecule has 5 saturated heterocycles. The monoisotopic (exact) mass is 1360 g/mol. The van der Waals surface area contributed by atoms with E-state index in [0.29, 0.717) is 107 Å². The van der Waals surface area contributed by atoms with Crippen molar-refractivity contribution in [3.63, 3.8) is 0 Å². The lowest BCUT2D eigenvalue weighted by Gasteiger charge is -2.27. The first-order valence-corrected chi connectivity index (χ1v) is 33.1. The molecule has 0 aliphatic carbocycles. The Morgan fingerprint density at radius 2 is 0.969 bits per heavy atom. The van der Waals surface area contributed by atoms with Crippen LogP contribution in [0.1, 0.15) is 155 Å². The second kappa shape index (κ2) is 34.7. The summed E-state index contributed by atoms with van der Waals surface area (Å²) in [5.74, 6) is 3.86. The number of pyridine rings is 3. The summed E-state index contributed by atoms with van der Waals surface area (Å²) < 4.78 is 140. The molecule has 12 heterocycles. The van der Waals surface area contributed by atoms with Gasteiger partial charge in [0.1, 0.15) is 34.9 Å². The molecule has 0 saturated carbocycles. The van der Waals surface area contributed by atoms with Crippen LogP contribution in [0.3, 0.4) is 0 Å². The molecule has 21 nitrogen and oxygen atoms in total. The summed E-state index contributed by atoms with van der Waals surface area (Å²) in [7, 11) is 1.67. The van der Waals surface area contributed by atoms with E-state index >= 15 is 0 Å². The van der Waals surface area contributed by atoms with Gasteiger partial charge in [-0.15, -0.1) is 0 Å². The third kappa shape index (κ3) is 21.1. The van der Waals surface area contributed by atoms with Crippen molar-refractivity contribution in [3.05, 3.63) is 107 Å². The molecule has 12 rings (SSSR count). The van der Waals surface area contributed by atoms with Crippen LogP contribution in [-0.2, 0) is 37.5 Å². The number of aliphatic hydroxyl groups is 2. The number of alkyl halides is 9. The largest absolute Gasteiger partial charge is 0.416 e. The highest BCUT2D eigenvalue weighted by atomic mass is 19.4. The van der Waals surface area contributed by atoms with Crippen molar-refractivity contribution in [1.82, 2.24) is 44.9 Å². The van der Waals surface area contributed by atoms with Gasteiger partial charge in [0.25, 0.3) is 0 Å². The van der Waals surface area contributed by atoms with E-state index in [1.165, 1.54) is 0 Å². The van der Waals surface area contributed by atoms with Gasteiger partial charge in [0.15, 0.2) is 0 Å². The van der Waals surface area contributed by atoms with E-state index in [4.69, 9.17) is 33.9 Å². The molecule has 6 aliphatic rings. The summed E-state index contributed by atoms with van der Waals surface area (Å²) in [5, 5.41) is 28.9. The Hall–Kier alpha value is -7.38. The number of ether oxygens (including phenoxy) is 4. The Kier molecular flexibility index (Phi) is 26.4. The highest BCUT2D eigenvalue weighted by molar-refractivity contribution is 5.58. The van der Waals surface area contributed by atoms with E-state index in [-0.39, 0.29) is 47.9 Å². The molecule has 4 bridgehead atoms. The Morgan fingerprint density at radius 3 is 1.49 bits per heavy atom. The molecule has 6 aliphatic heterocycles. The summed E-state index contributed by atoms with van der Waals surface area (Å²) in [5.41, 5.74) is 0.152. The van der Waals surface area contributed by atoms with E-state index < -0.39 is 41.3 Å². The molecule has 0 aromatic carbocycles. The van der Waals surface area contributed by atoms with E-state index in [9.17, 15) is 49.7 Å². The zero-order valence-corrected chi connectivity index (χ0v) is 54.3. The lowest BCUT2D eigenvalue weighted by atomic mass is 9.91. The topological polar surface area (TPSA) is 239 Å². The van der Waals surface area contributed by atoms with E-state index in [1.54, 1.807) is 19.2 Å². The number of aromatic nitrogens is 9. The van der Waals surface area contributed by atoms with Crippen molar-refractivity contribution in [2.24, 2.45) is 5.92 Å². The first-order valence-electron chi connectivity index (χ1n) is 33.1. The first kappa shape index (κ1) is 72.9. The lowest BCUT2D eigenvalue weighted by molar-refractivity contribution is -0.138. The van der Waals surface area contributed by atoms with Crippen LogP contribution in [0.25, 0.3) is 0 Å². The summed E-state index contributed by atoms with van der Waals surface area (Å²) in [6, 6.07) is 11.3. The average molecular weight is 1360 g/mol. The quantitative estimate of drug-likeness (QED) is 0.0637. The number of nitrogens with one attached hydrogen (secondary N) is 3. The van der Waals surface area contributed by atoms with Crippen LogP contribution in [-0.4, -0.2) is 160 Å². The van der Waals surface area contributed by atoms with Crippen LogP contribution in [0.15, 0.2) is 73.2 Å². The predicted octanol–water partition coefficient (Wildman–Crippen LogP) is 13.2. The van der Waals surface area contributed by atoms with Crippen molar-refractivity contribution in [1.29, 1.82) is 0 Å². The average Bonchev–Trinajstić information content (AvgIpc) is 1.33. The highest BCUT2D eigenvalue weighted by Crippen LogP contribution is 2.38. The molecule has 96 heavy (non-hydrogen) atoms. The van der Waals surface area contributed by atoms with Gasteiger partial charge in [-0.3, -0.25) is 0 Å². The van der Waals surface area contributed by atoms with Gasteiger partial charge in [-0.05, 0) is 119 Å². The van der Waals surface area contributed by atoms with E-state index in [1.807, 2.05) is 24.8 Å². The summed E-state index contributed by atoms with van der Waals surface area (Å²) in [6.45, 7) is 11.9. The third-order valence-electron chi connectivity index (χ3n) is 17.4. The zero-order chi connectivity index (χ0) is 68.2. The van der Waals surface area contributed by atoms with Gasteiger partial charge in [0.05, 0.1) is 59.1 Å². The zero-order valence-electron chi connectivity index (χ0n) is 54.3. The minimum atomic E-state index is -4.47. The molecular weight excluding hydrogens is 1270 g/mol. The molecule has 0 spiro atoms. The smallest absolute Gasteiger partial charge is 0.396 e. The first-order chi connectivity index (χ1) is 46.2. The van der Waals surface area contributed by atoms with Gasteiger partial charge in [-0.25, -0.2) is 29.9 Å². The number of halogens is 9. The molecule has 4 atom stereocenters. The van der Waals surface area contributed by atoms with Gasteiger partial charge in [0.2, 0.25) is 17.8 Å². The van der Waals surface area contributed by atoms with Crippen molar-refractivity contribution < 1.29 is 68.7 Å². The van der Waals surface area contributed by atoms with Gasteiger partial charge < -0.3 is 59.8 Å².